The molecule has 0 N–H and O–H groups in total. The van der Waals surface area contributed by atoms with Crippen molar-refractivity contribution in [1.29, 1.82) is 0 Å². The second-order valence-electron chi connectivity index (χ2n) is 11.3. The van der Waals surface area contributed by atoms with Crippen LogP contribution in [-0.4, -0.2) is 10.2 Å². The SMILES string of the molecule is Cc1ccc(-c2ccc3oc4c(-c5ccc(-c6nnc(-c7ccccc7)o6)cc5)cc(-c5ccc(C)cc5)cc4c3c2)cc1. The Morgan fingerprint density at radius 1 is 0.409 bits per heavy atom. The highest BCUT2D eigenvalue weighted by Crippen LogP contribution is 2.41. The zero-order chi connectivity index (χ0) is 29.6. The van der Waals surface area contributed by atoms with Gasteiger partial charge in [-0.05, 0) is 90.2 Å². The first-order valence-corrected chi connectivity index (χ1v) is 14.7. The van der Waals surface area contributed by atoms with Gasteiger partial charge in [0.15, 0.2) is 0 Å². The molecule has 44 heavy (non-hydrogen) atoms. The molecule has 0 unspecified atom stereocenters. The van der Waals surface area contributed by atoms with Crippen LogP contribution in [0, 0.1) is 13.8 Å². The van der Waals surface area contributed by atoms with E-state index in [1.807, 2.05) is 42.5 Å². The molecule has 0 saturated carbocycles. The Morgan fingerprint density at radius 2 is 0.932 bits per heavy atom. The number of hydrogen-bond donors (Lipinski definition) is 0. The molecule has 0 atom stereocenters. The van der Waals surface area contributed by atoms with Gasteiger partial charge in [-0.1, -0.05) is 96.1 Å². The second-order valence-corrected chi connectivity index (χ2v) is 11.3. The number of fused-ring (bicyclic) bond motifs is 3. The van der Waals surface area contributed by atoms with E-state index in [1.54, 1.807) is 0 Å². The minimum Gasteiger partial charge on any atom is -0.455 e. The van der Waals surface area contributed by atoms with Gasteiger partial charge in [0.1, 0.15) is 11.2 Å². The van der Waals surface area contributed by atoms with Crippen LogP contribution in [0.15, 0.2) is 142 Å². The first-order valence-electron chi connectivity index (χ1n) is 14.7. The summed E-state index contributed by atoms with van der Waals surface area (Å²) < 4.78 is 12.6. The average Bonchev–Trinajstić information content (AvgIpc) is 3.71. The molecule has 0 aliphatic rings. The van der Waals surface area contributed by atoms with Gasteiger partial charge < -0.3 is 8.83 Å². The number of furan rings is 1. The minimum atomic E-state index is 0.487. The Bertz CT molecular complexity index is 2260. The molecule has 0 spiro atoms. The van der Waals surface area contributed by atoms with E-state index < -0.39 is 0 Å². The van der Waals surface area contributed by atoms with E-state index in [0.29, 0.717) is 11.8 Å². The van der Waals surface area contributed by atoms with Crippen LogP contribution in [0.3, 0.4) is 0 Å². The van der Waals surface area contributed by atoms with E-state index in [-0.39, 0.29) is 0 Å². The Hall–Kier alpha value is -5.74. The summed E-state index contributed by atoms with van der Waals surface area (Å²) in [4.78, 5) is 0. The summed E-state index contributed by atoms with van der Waals surface area (Å²) in [6.07, 6.45) is 0. The lowest BCUT2D eigenvalue weighted by Gasteiger charge is -2.09. The lowest BCUT2D eigenvalue weighted by molar-refractivity contribution is 0.584. The van der Waals surface area contributed by atoms with E-state index in [0.717, 1.165) is 49.8 Å². The highest BCUT2D eigenvalue weighted by atomic mass is 16.4. The van der Waals surface area contributed by atoms with E-state index in [2.05, 4.69) is 115 Å². The molecule has 0 amide bonds. The molecule has 0 bridgehead atoms. The van der Waals surface area contributed by atoms with Crippen molar-refractivity contribution in [2.24, 2.45) is 0 Å². The molecule has 210 valence electrons. The number of aryl methyl sites for hydroxylation is 2. The van der Waals surface area contributed by atoms with Gasteiger partial charge in [0.05, 0.1) is 0 Å². The minimum absolute atomic E-state index is 0.487. The predicted octanol–water partition coefficient (Wildman–Crippen LogP) is 10.9. The van der Waals surface area contributed by atoms with Crippen molar-refractivity contribution < 1.29 is 8.83 Å². The van der Waals surface area contributed by atoms with Gasteiger partial charge in [0, 0.05) is 27.5 Å². The first kappa shape index (κ1) is 25.9. The Labute approximate surface area is 255 Å². The van der Waals surface area contributed by atoms with Crippen molar-refractivity contribution in [3.05, 3.63) is 145 Å². The summed E-state index contributed by atoms with van der Waals surface area (Å²) in [5, 5.41) is 10.8. The summed E-state index contributed by atoms with van der Waals surface area (Å²) in [7, 11) is 0. The normalized spacial score (nSPS) is 11.4. The quantitative estimate of drug-likeness (QED) is 0.207. The van der Waals surface area contributed by atoms with Crippen LogP contribution in [0.2, 0.25) is 0 Å². The van der Waals surface area contributed by atoms with Crippen molar-refractivity contribution >= 4 is 21.9 Å². The molecule has 0 saturated heterocycles. The molecule has 8 rings (SSSR count). The van der Waals surface area contributed by atoms with Crippen LogP contribution in [0.1, 0.15) is 11.1 Å². The number of hydrogen-bond acceptors (Lipinski definition) is 4. The largest absolute Gasteiger partial charge is 0.455 e. The topological polar surface area (TPSA) is 52.1 Å². The fourth-order valence-electron chi connectivity index (χ4n) is 5.76. The smallest absolute Gasteiger partial charge is 0.248 e. The molecule has 4 nitrogen and oxygen atoms in total. The van der Waals surface area contributed by atoms with Crippen molar-refractivity contribution in [2.45, 2.75) is 13.8 Å². The summed E-state index contributed by atoms with van der Waals surface area (Å²) in [5.74, 6) is 0.991. The maximum absolute atomic E-state index is 6.58. The molecule has 2 heterocycles. The monoisotopic (exact) mass is 568 g/mol. The lowest BCUT2D eigenvalue weighted by Crippen LogP contribution is -1.85. The lowest BCUT2D eigenvalue weighted by atomic mass is 9.94. The van der Waals surface area contributed by atoms with Crippen LogP contribution in [0.25, 0.3) is 78.2 Å². The van der Waals surface area contributed by atoms with Crippen LogP contribution >= 0.6 is 0 Å². The van der Waals surface area contributed by atoms with Gasteiger partial charge in [-0.25, -0.2) is 0 Å². The number of rotatable bonds is 5. The summed E-state index contributed by atoms with van der Waals surface area (Å²) in [5.41, 5.74) is 12.7. The van der Waals surface area contributed by atoms with Crippen molar-refractivity contribution in [3.8, 4) is 56.3 Å². The zero-order valence-electron chi connectivity index (χ0n) is 24.4. The molecule has 8 aromatic rings. The Morgan fingerprint density at radius 3 is 1.59 bits per heavy atom. The summed E-state index contributed by atoms with van der Waals surface area (Å²) in [6.45, 7) is 4.23. The van der Waals surface area contributed by atoms with Crippen LogP contribution < -0.4 is 0 Å². The molecule has 2 aromatic heterocycles. The summed E-state index contributed by atoms with van der Waals surface area (Å²) in [6, 6.07) is 46.4. The Kier molecular flexibility index (Phi) is 6.20. The summed E-state index contributed by atoms with van der Waals surface area (Å²) >= 11 is 0. The fraction of sp³-hybridized carbons (Fsp3) is 0.0500. The third-order valence-corrected chi connectivity index (χ3v) is 8.23. The van der Waals surface area contributed by atoms with Gasteiger partial charge >= 0.3 is 0 Å². The highest BCUT2D eigenvalue weighted by Gasteiger charge is 2.17. The van der Waals surface area contributed by atoms with E-state index in [4.69, 9.17) is 8.83 Å². The number of nitrogens with zero attached hydrogens (tertiary/aromatic N) is 2. The van der Waals surface area contributed by atoms with Gasteiger partial charge in [0.25, 0.3) is 0 Å². The Balaban J connectivity index is 1.26. The number of aromatic nitrogens is 2. The van der Waals surface area contributed by atoms with E-state index in [9.17, 15) is 0 Å². The second kappa shape index (κ2) is 10.5. The highest BCUT2D eigenvalue weighted by molar-refractivity contribution is 6.12. The van der Waals surface area contributed by atoms with Crippen LogP contribution in [-0.2, 0) is 0 Å². The molecular weight excluding hydrogens is 540 g/mol. The zero-order valence-corrected chi connectivity index (χ0v) is 24.4. The molecule has 6 aromatic carbocycles. The maximum atomic E-state index is 6.58. The molecular formula is C40H28N2O2. The van der Waals surface area contributed by atoms with E-state index >= 15 is 0 Å². The molecule has 0 aliphatic carbocycles. The predicted molar refractivity (Wildman–Crippen MR) is 178 cm³/mol. The molecule has 4 heteroatoms. The third kappa shape index (κ3) is 4.67. The third-order valence-electron chi connectivity index (χ3n) is 8.23. The van der Waals surface area contributed by atoms with Crippen LogP contribution in [0.4, 0.5) is 0 Å². The van der Waals surface area contributed by atoms with Crippen LogP contribution in [0.5, 0.6) is 0 Å². The standard InChI is InChI=1S/C40H28N2O2/c1-25-8-12-27(13-9-25)32-20-21-37-35(22-32)36-24-33(28-14-10-26(2)11-15-28)23-34(38(36)43-37)29-16-18-31(19-17-29)40-42-41-39(44-40)30-6-4-3-5-7-30/h3-24H,1-2H3. The van der Waals surface area contributed by atoms with Gasteiger partial charge in [-0.3, -0.25) is 0 Å². The number of benzene rings is 6. The van der Waals surface area contributed by atoms with Gasteiger partial charge in [-0.15, -0.1) is 10.2 Å². The maximum Gasteiger partial charge on any atom is 0.248 e. The first-order chi connectivity index (χ1) is 21.6. The van der Waals surface area contributed by atoms with Crippen molar-refractivity contribution in [3.63, 3.8) is 0 Å². The average molecular weight is 569 g/mol. The fourth-order valence-corrected chi connectivity index (χ4v) is 5.76. The van der Waals surface area contributed by atoms with E-state index in [1.165, 1.54) is 27.8 Å². The van der Waals surface area contributed by atoms with Crippen molar-refractivity contribution in [1.82, 2.24) is 10.2 Å². The van der Waals surface area contributed by atoms with Gasteiger partial charge in [0.2, 0.25) is 11.8 Å². The van der Waals surface area contributed by atoms with Crippen molar-refractivity contribution in [2.75, 3.05) is 0 Å². The molecule has 0 fully saturated rings. The molecule has 0 radical (unpaired) electrons. The van der Waals surface area contributed by atoms with Gasteiger partial charge in [-0.2, -0.15) is 0 Å². The molecule has 0 aliphatic heterocycles.